The predicted molar refractivity (Wildman–Crippen MR) is 70.3 cm³/mol. The van der Waals surface area contributed by atoms with Gasteiger partial charge in [-0.25, -0.2) is 0 Å². The summed E-state index contributed by atoms with van der Waals surface area (Å²) in [4.78, 5) is 14.5. The van der Waals surface area contributed by atoms with Gasteiger partial charge in [-0.2, -0.15) is 5.10 Å². The third kappa shape index (κ3) is 2.56. The molecule has 0 radical (unpaired) electrons. The van der Waals surface area contributed by atoms with Gasteiger partial charge in [0.15, 0.2) is 0 Å². The first-order chi connectivity index (χ1) is 8.63. The molecule has 1 amide bonds. The van der Waals surface area contributed by atoms with Crippen LogP contribution in [-0.4, -0.2) is 39.7 Å². The number of nitrogens with two attached hydrogens (primary N) is 1. The largest absolute Gasteiger partial charge is 0.336 e. The molecule has 1 aromatic rings. The van der Waals surface area contributed by atoms with Crippen molar-refractivity contribution in [2.45, 2.75) is 38.6 Å². The lowest BCUT2D eigenvalue weighted by atomic mass is 10.1. The zero-order chi connectivity index (χ0) is 13.1. The minimum atomic E-state index is 0.125. The molecule has 1 atom stereocenters. The van der Waals surface area contributed by atoms with E-state index in [2.05, 4.69) is 5.10 Å². The number of rotatable bonds is 4. The summed E-state index contributed by atoms with van der Waals surface area (Å²) < 4.78 is 1.70. The van der Waals surface area contributed by atoms with Crippen molar-refractivity contribution >= 4 is 5.91 Å². The minimum Gasteiger partial charge on any atom is -0.336 e. The van der Waals surface area contributed by atoms with Gasteiger partial charge in [-0.05, 0) is 39.2 Å². The van der Waals surface area contributed by atoms with E-state index >= 15 is 0 Å². The molecule has 5 nitrogen and oxygen atoms in total. The first-order valence-electron chi connectivity index (χ1n) is 6.64. The lowest BCUT2D eigenvalue weighted by Gasteiger charge is -2.24. The highest BCUT2D eigenvalue weighted by Gasteiger charge is 2.30. The van der Waals surface area contributed by atoms with Crippen LogP contribution in [0.5, 0.6) is 0 Å². The smallest absolute Gasteiger partial charge is 0.257 e. The number of aromatic nitrogens is 2. The second kappa shape index (κ2) is 5.52. The van der Waals surface area contributed by atoms with Crippen LogP contribution in [-0.2, 0) is 7.05 Å². The van der Waals surface area contributed by atoms with Crippen molar-refractivity contribution < 1.29 is 4.79 Å². The second-order valence-corrected chi connectivity index (χ2v) is 5.03. The number of hydrogen-bond acceptors (Lipinski definition) is 3. The van der Waals surface area contributed by atoms with Crippen molar-refractivity contribution in [3.05, 3.63) is 17.5 Å². The number of carbonyl (C=O) groups is 1. The van der Waals surface area contributed by atoms with Crippen LogP contribution >= 0.6 is 0 Å². The summed E-state index contributed by atoms with van der Waals surface area (Å²) in [5, 5.41) is 4.24. The Labute approximate surface area is 108 Å². The fraction of sp³-hybridized carbons (Fsp3) is 0.692. The monoisotopic (exact) mass is 250 g/mol. The molecule has 0 aliphatic carbocycles. The maximum Gasteiger partial charge on any atom is 0.257 e. The molecule has 2 heterocycles. The molecule has 1 aromatic heterocycles. The van der Waals surface area contributed by atoms with Gasteiger partial charge in [0.1, 0.15) is 0 Å². The Hall–Kier alpha value is -1.36. The van der Waals surface area contributed by atoms with Crippen LogP contribution in [0.1, 0.15) is 41.7 Å². The molecule has 0 bridgehead atoms. The summed E-state index contributed by atoms with van der Waals surface area (Å²) >= 11 is 0. The lowest BCUT2D eigenvalue weighted by molar-refractivity contribution is 0.0728. The van der Waals surface area contributed by atoms with Gasteiger partial charge in [0.2, 0.25) is 0 Å². The van der Waals surface area contributed by atoms with E-state index in [-0.39, 0.29) is 5.91 Å². The van der Waals surface area contributed by atoms with Gasteiger partial charge in [-0.1, -0.05) is 0 Å². The number of likely N-dealkylation sites (tertiary alicyclic amines) is 1. The van der Waals surface area contributed by atoms with Crippen LogP contribution in [0, 0.1) is 6.92 Å². The van der Waals surface area contributed by atoms with Crippen molar-refractivity contribution in [1.29, 1.82) is 0 Å². The van der Waals surface area contributed by atoms with E-state index in [1.165, 1.54) is 0 Å². The molecular weight excluding hydrogens is 228 g/mol. The summed E-state index contributed by atoms with van der Waals surface area (Å²) in [7, 11) is 1.85. The second-order valence-electron chi connectivity index (χ2n) is 5.03. The molecule has 1 aliphatic rings. The summed E-state index contributed by atoms with van der Waals surface area (Å²) in [5.41, 5.74) is 7.10. The highest BCUT2D eigenvalue weighted by Crippen LogP contribution is 2.24. The molecule has 18 heavy (non-hydrogen) atoms. The Balaban J connectivity index is 2.10. The highest BCUT2D eigenvalue weighted by molar-refractivity contribution is 5.95. The molecule has 1 saturated heterocycles. The zero-order valence-corrected chi connectivity index (χ0v) is 11.2. The first kappa shape index (κ1) is 13.1. The Morgan fingerprint density at radius 1 is 1.61 bits per heavy atom. The van der Waals surface area contributed by atoms with Crippen molar-refractivity contribution in [1.82, 2.24) is 14.7 Å². The van der Waals surface area contributed by atoms with Crippen LogP contribution in [0.3, 0.4) is 0 Å². The fourth-order valence-corrected chi connectivity index (χ4v) is 2.72. The summed E-state index contributed by atoms with van der Waals surface area (Å²) in [6.07, 6.45) is 6.02. The summed E-state index contributed by atoms with van der Waals surface area (Å²) in [6.45, 7) is 3.45. The topological polar surface area (TPSA) is 64.2 Å². The molecule has 0 spiro atoms. The molecule has 1 unspecified atom stereocenters. The number of amides is 1. The van der Waals surface area contributed by atoms with E-state index in [4.69, 9.17) is 5.73 Å². The number of aryl methyl sites for hydroxylation is 2. The number of hydrogen-bond donors (Lipinski definition) is 1. The molecule has 5 heteroatoms. The van der Waals surface area contributed by atoms with E-state index in [1.807, 2.05) is 25.1 Å². The van der Waals surface area contributed by atoms with Gasteiger partial charge >= 0.3 is 0 Å². The molecular formula is C13H22N4O. The van der Waals surface area contributed by atoms with Crippen molar-refractivity contribution in [2.24, 2.45) is 12.8 Å². The zero-order valence-electron chi connectivity index (χ0n) is 11.2. The molecule has 2 N–H and O–H groups in total. The quantitative estimate of drug-likeness (QED) is 0.869. The molecule has 1 aliphatic heterocycles. The maximum absolute atomic E-state index is 12.5. The van der Waals surface area contributed by atoms with Gasteiger partial charge in [-0.15, -0.1) is 0 Å². The molecule has 0 aromatic carbocycles. The van der Waals surface area contributed by atoms with Gasteiger partial charge < -0.3 is 10.6 Å². The van der Waals surface area contributed by atoms with E-state index in [0.717, 1.165) is 43.5 Å². The molecule has 1 fully saturated rings. The Kier molecular flexibility index (Phi) is 4.01. The van der Waals surface area contributed by atoms with Gasteiger partial charge in [0.05, 0.1) is 11.3 Å². The first-order valence-corrected chi connectivity index (χ1v) is 6.64. The highest BCUT2D eigenvalue weighted by atomic mass is 16.2. The number of nitrogens with zero attached hydrogens (tertiary/aromatic N) is 3. The van der Waals surface area contributed by atoms with E-state index in [9.17, 15) is 4.79 Å². The Morgan fingerprint density at radius 2 is 2.39 bits per heavy atom. The number of carbonyl (C=O) groups excluding carboxylic acids is 1. The van der Waals surface area contributed by atoms with E-state index < -0.39 is 0 Å². The average molecular weight is 250 g/mol. The van der Waals surface area contributed by atoms with Crippen molar-refractivity contribution in [3.8, 4) is 0 Å². The molecule has 2 rings (SSSR count). The van der Waals surface area contributed by atoms with Crippen LogP contribution in [0.2, 0.25) is 0 Å². The Morgan fingerprint density at radius 3 is 3.00 bits per heavy atom. The van der Waals surface area contributed by atoms with Gasteiger partial charge in [0, 0.05) is 25.8 Å². The third-order valence-electron chi connectivity index (χ3n) is 3.62. The van der Waals surface area contributed by atoms with Gasteiger partial charge in [-0.3, -0.25) is 9.48 Å². The van der Waals surface area contributed by atoms with E-state index in [0.29, 0.717) is 12.6 Å². The lowest BCUT2D eigenvalue weighted by Crippen LogP contribution is -2.36. The Bertz CT molecular complexity index is 427. The van der Waals surface area contributed by atoms with Gasteiger partial charge in [0.25, 0.3) is 5.91 Å². The maximum atomic E-state index is 12.5. The van der Waals surface area contributed by atoms with E-state index in [1.54, 1.807) is 4.68 Å². The third-order valence-corrected chi connectivity index (χ3v) is 3.62. The standard InChI is InChI=1S/C13H22N4O/c1-10-12(9-16(2)15-10)13(18)17-8-4-6-11(17)5-3-7-14/h9,11H,3-8,14H2,1-2H3. The van der Waals surface area contributed by atoms with Crippen LogP contribution in [0.4, 0.5) is 0 Å². The fourth-order valence-electron chi connectivity index (χ4n) is 2.72. The average Bonchev–Trinajstić information content (AvgIpc) is 2.92. The van der Waals surface area contributed by atoms with Crippen LogP contribution in [0.15, 0.2) is 6.20 Å². The molecule has 0 saturated carbocycles. The SMILES string of the molecule is Cc1nn(C)cc1C(=O)N1CCCC1CCCN. The van der Waals surface area contributed by atoms with Crippen molar-refractivity contribution in [3.63, 3.8) is 0 Å². The van der Waals surface area contributed by atoms with Crippen LogP contribution in [0.25, 0.3) is 0 Å². The molecule has 100 valence electrons. The predicted octanol–water partition coefficient (Wildman–Crippen LogP) is 1.07. The summed E-state index contributed by atoms with van der Waals surface area (Å²) in [5.74, 6) is 0.125. The normalized spacial score (nSPS) is 19.5. The summed E-state index contributed by atoms with van der Waals surface area (Å²) in [6, 6.07) is 0.362. The van der Waals surface area contributed by atoms with Crippen LogP contribution < -0.4 is 5.73 Å². The minimum absolute atomic E-state index is 0.125. The van der Waals surface area contributed by atoms with Crippen molar-refractivity contribution in [2.75, 3.05) is 13.1 Å².